The first kappa shape index (κ1) is 14.5. The van der Waals surface area contributed by atoms with E-state index in [1.807, 2.05) is 31.3 Å². The Balaban J connectivity index is 2.25. The molecule has 2 aromatic heterocycles. The van der Waals surface area contributed by atoms with Crippen LogP contribution in [0.1, 0.15) is 16.7 Å². The van der Waals surface area contributed by atoms with Crippen molar-refractivity contribution in [2.45, 2.75) is 13.8 Å². The molecule has 0 bridgehead atoms. The Labute approximate surface area is 140 Å². The molecule has 0 aliphatic rings. The zero-order valence-electron chi connectivity index (χ0n) is 13.9. The van der Waals surface area contributed by atoms with Crippen molar-refractivity contribution in [2.24, 2.45) is 7.05 Å². The van der Waals surface area contributed by atoms with E-state index in [0.29, 0.717) is 5.56 Å². The second-order valence-corrected chi connectivity index (χ2v) is 6.22. The Morgan fingerprint density at radius 1 is 1.00 bits per heavy atom. The Morgan fingerprint density at radius 2 is 1.79 bits per heavy atom. The number of furan rings is 1. The number of fused-ring (bicyclic) bond motifs is 3. The largest absolute Gasteiger partial charge is 0.456 e. The standard InChI is InChI=1S/C21H17N2O/c1-13-9-10-23(3)16(11-13)19-14(2)7-8-18-21(19)20-15(12-22)5-4-6-17(20)24-18/h4-11H,1-3H3/q+1. The summed E-state index contributed by atoms with van der Waals surface area (Å²) in [6.07, 6.45) is 2.07. The van der Waals surface area contributed by atoms with Gasteiger partial charge in [0.05, 0.1) is 17.2 Å². The van der Waals surface area contributed by atoms with E-state index >= 15 is 0 Å². The van der Waals surface area contributed by atoms with Gasteiger partial charge in [-0.3, -0.25) is 0 Å². The first-order chi connectivity index (χ1) is 11.6. The number of hydrogen-bond acceptors (Lipinski definition) is 2. The van der Waals surface area contributed by atoms with Crippen LogP contribution in [0.5, 0.6) is 0 Å². The molecule has 3 nitrogen and oxygen atoms in total. The van der Waals surface area contributed by atoms with Crippen LogP contribution in [0.25, 0.3) is 33.2 Å². The normalized spacial score (nSPS) is 11.1. The van der Waals surface area contributed by atoms with Crippen LogP contribution in [0, 0.1) is 25.2 Å². The molecule has 0 aliphatic heterocycles. The smallest absolute Gasteiger partial charge is 0.213 e. The minimum absolute atomic E-state index is 0.647. The molecule has 24 heavy (non-hydrogen) atoms. The van der Waals surface area contributed by atoms with Gasteiger partial charge in [-0.15, -0.1) is 0 Å². The Morgan fingerprint density at radius 3 is 2.58 bits per heavy atom. The number of nitrogens with zero attached hydrogens (tertiary/aromatic N) is 2. The second kappa shape index (κ2) is 5.21. The van der Waals surface area contributed by atoms with Gasteiger partial charge < -0.3 is 4.42 Å². The Kier molecular flexibility index (Phi) is 3.14. The zero-order chi connectivity index (χ0) is 16.8. The van der Waals surface area contributed by atoms with Crippen molar-refractivity contribution in [3.63, 3.8) is 0 Å². The van der Waals surface area contributed by atoms with Crippen molar-refractivity contribution in [2.75, 3.05) is 0 Å². The molecule has 0 radical (unpaired) electrons. The van der Waals surface area contributed by atoms with E-state index in [0.717, 1.165) is 33.2 Å². The number of nitriles is 1. The van der Waals surface area contributed by atoms with Gasteiger partial charge >= 0.3 is 0 Å². The van der Waals surface area contributed by atoms with Crippen LogP contribution in [0.3, 0.4) is 0 Å². The SMILES string of the molecule is Cc1cc[n+](C)c(-c2c(C)ccc3oc4cccc(C#N)c4c23)c1. The second-order valence-electron chi connectivity index (χ2n) is 6.22. The number of hydrogen-bond donors (Lipinski definition) is 0. The summed E-state index contributed by atoms with van der Waals surface area (Å²) < 4.78 is 8.14. The molecule has 0 N–H and O–H groups in total. The van der Waals surface area contributed by atoms with Crippen molar-refractivity contribution in [1.29, 1.82) is 5.26 Å². The molecule has 0 saturated carbocycles. The van der Waals surface area contributed by atoms with Crippen molar-refractivity contribution in [1.82, 2.24) is 0 Å². The molecular weight excluding hydrogens is 296 g/mol. The molecular formula is C21H17N2O+. The lowest BCUT2D eigenvalue weighted by Gasteiger charge is -2.07. The number of benzene rings is 2. The molecule has 0 saturated heterocycles. The van der Waals surface area contributed by atoms with E-state index in [-0.39, 0.29) is 0 Å². The molecule has 4 rings (SSSR count). The van der Waals surface area contributed by atoms with Crippen LogP contribution < -0.4 is 4.57 Å². The van der Waals surface area contributed by atoms with Gasteiger partial charge in [0.25, 0.3) is 0 Å². The van der Waals surface area contributed by atoms with E-state index in [9.17, 15) is 5.26 Å². The molecule has 0 unspecified atom stereocenters. The lowest BCUT2D eigenvalue weighted by atomic mass is 9.96. The van der Waals surface area contributed by atoms with Gasteiger partial charge in [0.15, 0.2) is 6.20 Å². The monoisotopic (exact) mass is 313 g/mol. The van der Waals surface area contributed by atoms with Crippen LogP contribution in [0.4, 0.5) is 0 Å². The maximum Gasteiger partial charge on any atom is 0.213 e. The lowest BCUT2D eigenvalue weighted by molar-refractivity contribution is -0.660. The van der Waals surface area contributed by atoms with Gasteiger partial charge in [0.1, 0.15) is 18.2 Å². The summed E-state index contributed by atoms with van der Waals surface area (Å²) in [6, 6.07) is 16.3. The van der Waals surface area contributed by atoms with Gasteiger partial charge in [-0.05, 0) is 43.2 Å². The van der Waals surface area contributed by atoms with Crippen molar-refractivity contribution in [3.05, 3.63) is 65.4 Å². The average Bonchev–Trinajstić information content (AvgIpc) is 2.96. The van der Waals surface area contributed by atoms with E-state index in [2.05, 4.69) is 48.9 Å². The summed E-state index contributed by atoms with van der Waals surface area (Å²) in [7, 11) is 2.04. The fourth-order valence-electron chi connectivity index (χ4n) is 3.36. The van der Waals surface area contributed by atoms with Crippen molar-refractivity contribution < 1.29 is 8.98 Å². The molecule has 0 fully saturated rings. The maximum atomic E-state index is 9.55. The topological polar surface area (TPSA) is 40.8 Å². The van der Waals surface area contributed by atoms with E-state index in [1.54, 1.807) is 0 Å². The van der Waals surface area contributed by atoms with Crippen LogP contribution in [-0.4, -0.2) is 0 Å². The van der Waals surface area contributed by atoms with E-state index in [1.165, 1.54) is 11.1 Å². The molecule has 3 heteroatoms. The van der Waals surface area contributed by atoms with Crippen LogP contribution in [0.15, 0.2) is 53.1 Å². The first-order valence-corrected chi connectivity index (χ1v) is 7.91. The molecule has 0 amide bonds. The summed E-state index contributed by atoms with van der Waals surface area (Å²) in [5.41, 5.74) is 6.83. The molecule has 0 aliphatic carbocycles. The third kappa shape index (κ3) is 2.00. The minimum atomic E-state index is 0.647. The summed E-state index contributed by atoms with van der Waals surface area (Å²) in [5, 5.41) is 11.5. The molecule has 116 valence electrons. The maximum absolute atomic E-state index is 9.55. The molecule has 2 heterocycles. The Hall–Kier alpha value is -3.12. The number of aromatic nitrogens is 1. The number of aryl methyl sites for hydroxylation is 3. The third-order valence-corrected chi connectivity index (χ3v) is 4.55. The third-order valence-electron chi connectivity index (χ3n) is 4.55. The van der Waals surface area contributed by atoms with Gasteiger partial charge in [-0.1, -0.05) is 12.1 Å². The van der Waals surface area contributed by atoms with Gasteiger partial charge in [0.2, 0.25) is 5.69 Å². The summed E-state index contributed by atoms with van der Waals surface area (Å²) in [4.78, 5) is 0. The molecule has 0 spiro atoms. The quantitative estimate of drug-likeness (QED) is 0.483. The average molecular weight is 313 g/mol. The van der Waals surface area contributed by atoms with Gasteiger partial charge in [-0.2, -0.15) is 5.26 Å². The number of rotatable bonds is 1. The van der Waals surface area contributed by atoms with Crippen LogP contribution in [-0.2, 0) is 7.05 Å². The highest BCUT2D eigenvalue weighted by Gasteiger charge is 2.21. The summed E-state index contributed by atoms with van der Waals surface area (Å²) >= 11 is 0. The highest BCUT2D eigenvalue weighted by molar-refractivity contribution is 6.14. The summed E-state index contributed by atoms with van der Waals surface area (Å²) in [5.74, 6) is 0. The predicted octanol–water partition coefficient (Wildman–Crippen LogP) is 4.57. The summed E-state index contributed by atoms with van der Waals surface area (Å²) in [6.45, 7) is 4.19. The fourth-order valence-corrected chi connectivity index (χ4v) is 3.36. The number of pyridine rings is 1. The Bertz CT molecular complexity index is 1150. The first-order valence-electron chi connectivity index (χ1n) is 7.91. The highest BCUT2D eigenvalue weighted by atomic mass is 16.3. The van der Waals surface area contributed by atoms with Crippen molar-refractivity contribution in [3.8, 4) is 17.3 Å². The molecule has 4 aromatic rings. The minimum Gasteiger partial charge on any atom is -0.456 e. The van der Waals surface area contributed by atoms with Gasteiger partial charge in [-0.25, -0.2) is 4.57 Å². The zero-order valence-corrected chi connectivity index (χ0v) is 13.9. The van der Waals surface area contributed by atoms with Crippen LogP contribution in [0.2, 0.25) is 0 Å². The van der Waals surface area contributed by atoms with Crippen molar-refractivity contribution >= 4 is 21.9 Å². The van der Waals surface area contributed by atoms with Gasteiger partial charge in [0, 0.05) is 22.9 Å². The predicted molar refractivity (Wildman–Crippen MR) is 94.5 cm³/mol. The molecule has 0 atom stereocenters. The van der Waals surface area contributed by atoms with E-state index < -0.39 is 0 Å². The van der Waals surface area contributed by atoms with Crippen LogP contribution >= 0.6 is 0 Å². The highest BCUT2D eigenvalue weighted by Crippen LogP contribution is 2.39. The van der Waals surface area contributed by atoms with E-state index in [4.69, 9.17) is 4.42 Å². The lowest BCUT2D eigenvalue weighted by Crippen LogP contribution is -2.30. The fraction of sp³-hybridized carbons (Fsp3) is 0.143. The molecule has 2 aromatic carbocycles.